The summed E-state index contributed by atoms with van der Waals surface area (Å²) in [5, 5.41) is 0. The highest BCUT2D eigenvalue weighted by atomic mass is 31.2. The molecule has 0 N–H and O–H groups in total. The fraction of sp³-hybridized carbons (Fsp3) is 1.00. The fourth-order valence-corrected chi connectivity index (χ4v) is 2.95. The molecule has 0 atom stereocenters. The Kier molecular flexibility index (Phi) is 25.1. The van der Waals surface area contributed by atoms with E-state index in [1.54, 1.807) is 0 Å². The van der Waals surface area contributed by atoms with Crippen LogP contribution in [0.15, 0.2) is 0 Å². The molecule has 0 aromatic rings. The third kappa shape index (κ3) is 22.1. The molecule has 0 radical (unpaired) electrons. The molecule has 0 saturated carbocycles. The van der Waals surface area contributed by atoms with Gasteiger partial charge in [0.15, 0.2) is 0 Å². The molecule has 0 aromatic carbocycles. The van der Waals surface area contributed by atoms with Crippen molar-refractivity contribution in [2.45, 2.75) is 98.8 Å². The van der Waals surface area contributed by atoms with E-state index >= 15 is 0 Å². The third-order valence-electron chi connectivity index (χ3n) is 3.53. The van der Waals surface area contributed by atoms with Crippen LogP contribution in [0.5, 0.6) is 0 Å². The van der Waals surface area contributed by atoms with Crippen molar-refractivity contribution >= 4 is 7.82 Å². The highest BCUT2D eigenvalue weighted by Crippen LogP contribution is 2.49. The first kappa shape index (κ1) is 28.3. The lowest BCUT2D eigenvalue weighted by molar-refractivity contribution is 0.110. The molecule has 0 unspecified atom stereocenters. The van der Waals surface area contributed by atoms with Crippen LogP contribution in [-0.4, -0.2) is 33.0 Å². The topological polar surface area (TPSA) is 54.0 Å². The van der Waals surface area contributed by atoms with Crippen molar-refractivity contribution in [2.24, 2.45) is 0 Å². The van der Waals surface area contributed by atoms with Crippen LogP contribution in [-0.2, 0) is 22.9 Å². The SMILES string of the molecule is CCCCOCCCC.CCCCOP(=O)(OCCCC)OCCCC. The van der Waals surface area contributed by atoms with Crippen molar-refractivity contribution in [1.29, 1.82) is 0 Å². The van der Waals surface area contributed by atoms with E-state index in [1.807, 2.05) is 0 Å². The average Bonchev–Trinajstić information content (AvgIpc) is 2.63. The first-order valence-corrected chi connectivity index (χ1v) is 12.2. The van der Waals surface area contributed by atoms with Crippen LogP contribution in [0.4, 0.5) is 0 Å². The Hall–Kier alpha value is 0.0700. The molecule has 26 heavy (non-hydrogen) atoms. The summed E-state index contributed by atoms with van der Waals surface area (Å²) in [5.41, 5.74) is 0. The van der Waals surface area contributed by atoms with E-state index < -0.39 is 7.82 Å². The Morgan fingerprint density at radius 3 is 1.04 bits per heavy atom. The number of rotatable bonds is 18. The molecule has 0 saturated heterocycles. The van der Waals surface area contributed by atoms with Gasteiger partial charge < -0.3 is 4.74 Å². The summed E-state index contributed by atoms with van der Waals surface area (Å²) in [6.45, 7) is 13.8. The number of unbranched alkanes of at least 4 members (excludes halogenated alkanes) is 5. The van der Waals surface area contributed by atoms with Crippen LogP contribution in [0.25, 0.3) is 0 Å². The second-order valence-corrected chi connectivity index (χ2v) is 8.00. The van der Waals surface area contributed by atoms with E-state index in [-0.39, 0.29) is 0 Å². The zero-order chi connectivity index (χ0) is 19.9. The van der Waals surface area contributed by atoms with Crippen molar-refractivity contribution in [2.75, 3.05) is 33.0 Å². The molecule has 0 spiro atoms. The van der Waals surface area contributed by atoms with Crippen molar-refractivity contribution in [3.8, 4) is 0 Å². The lowest BCUT2D eigenvalue weighted by Gasteiger charge is -2.17. The van der Waals surface area contributed by atoms with Gasteiger partial charge in [-0.1, -0.05) is 66.7 Å². The molecule has 6 heteroatoms. The summed E-state index contributed by atoms with van der Waals surface area (Å²) >= 11 is 0. The highest BCUT2D eigenvalue weighted by Gasteiger charge is 2.25. The summed E-state index contributed by atoms with van der Waals surface area (Å²) in [5.74, 6) is 0. The quantitative estimate of drug-likeness (QED) is 0.182. The predicted molar refractivity (Wildman–Crippen MR) is 111 cm³/mol. The zero-order valence-electron chi connectivity index (χ0n) is 18.1. The molecular formula is C20H45O5P. The van der Waals surface area contributed by atoms with Crippen LogP contribution < -0.4 is 0 Å². The third-order valence-corrected chi connectivity index (χ3v) is 5.02. The lowest BCUT2D eigenvalue weighted by Crippen LogP contribution is -2.03. The molecule has 0 aliphatic carbocycles. The van der Waals surface area contributed by atoms with Crippen LogP contribution in [0.3, 0.4) is 0 Å². The van der Waals surface area contributed by atoms with Crippen molar-refractivity contribution < 1.29 is 22.9 Å². The van der Waals surface area contributed by atoms with Crippen LogP contribution in [0.1, 0.15) is 98.8 Å². The van der Waals surface area contributed by atoms with E-state index in [1.165, 1.54) is 25.7 Å². The van der Waals surface area contributed by atoms with Gasteiger partial charge in [-0.15, -0.1) is 0 Å². The Morgan fingerprint density at radius 1 is 0.500 bits per heavy atom. The summed E-state index contributed by atoms with van der Waals surface area (Å²) < 4.78 is 33.3. The summed E-state index contributed by atoms with van der Waals surface area (Å²) in [6, 6.07) is 0. The Bertz CT molecular complexity index is 261. The average molecular weight is 397 g/mol. The van der Waals surface area contributed by atoms with Crippen molar-refractivity contribution in [1.82, 2.24) is 0 Å². The zero-order valence-corrected chi connectivity index (χ0v) is 19.0. The first-order chi connectivity index (χ1) is 12.6. The molecule has 0 rings (SSSR count). The van der Waals surface area contributed by atoms with Crippen LogP contribution in [0, 0.1) is 0 Å². The molecule has 0 fully saturated rings. The molecule has 0 aliphatic heterocycles. The van der Waals surface area contributed by atoms with Gasteiger partial charge in [0, 0.05) is 13.2 Å². The van der Waals surface area contributed by atoms with Crippen molar-refractivity contribution in [3.05, 3.63) is 0 Å². The Labute approximate surface area is 163 Å². The largest absolute Gasteiger partial charge is 0.474 e. The van der Waals surface area contributed by atoms with Gasteiger partial charge >= 0.3 is 7.82 Å². The lowest BCUT2D eigenvalue weighted by atomic mass is 10.3. The van der Waals surface area contributed by atoms with Gasteiger partial charge in [0.25, 0.3) is 0 Å². The van der Waals surface area contributed by atoms with E-state index in [4.69, 9.17) is 18.3 Å². The predicted octanol–water partition coefficient (Wildman–Crippen LogP) is 7.15. The summed E-state index contributed by atoms with van der Waals surface area (Å²) in [6.07, 6.45) is 10.5. The number of phosphoric ester groups is 1. The van der Waals surface area contributed by atoms with Gasteiger partial charge in [0.1, 0.15) is 0 Å². The molecule has 0 amide bonds. The maximum Gasteiger partial charge on any atom is 0.474 e. The number of hydrogen-bond acceptors (Lipinski definition) is 5. The Balaban J connectivity index is 0. The molecule has 0 bridgehead atoms. The molecule has 0 aliphatic rings. The van der Waals surface area contributed by atoms with E-state index in [0.29, 0.717) is 19.8 Å². The van der Waals surface area contributed by atoms with E-state index in [0.717, 1.165) is 51.7 Å². The van der Waals surface area contributed by atoms with Crippen molar-refractivity contribution in [3.63, 3.8) is 0 Å². The molecule has 5 nitrogen and oxygen atoms in total. The minimum Gasteiger partial charge on any atom is -0.381 e. The molecule has 0 heterocycles. The van der Waals surface area contributed by atoms with Crippen LogP contribution >= 0.6 is 7.82 Å². The van der Waals surface area contributed by atoms with Gasteiger partial charge in [-0.05, 0) is 32.1 Å². The first-order valence-electron chi connectivity index (χ1n) is 10.7. The monoisotopic (exact) mass is 396 g/mol. The minimum atomic E-state index is -3.31. The number of hydrogen-bond donors (Lipinski definition) is 0. The number of ether oxygens (including phenoxy) is 1. The smallest absolute Gasteiger partial charge is 0.381 e. The van der Waals surface area contributed by atoms with Gasteiger partial charge in [-0.25, -0.2) is 4.57 Å². The summed E-state index contributed by atoms with van der Waals surface area (Å²) in [7, 11) is -3.31. The van der Waals surface area contributed by atoms with Gasteiger partial charge in [0.05, 0.1) is 19.8 Å². The normalized spacial score (nSPS) is 11.3. The second kappa shape index (κ2) is 23.1. The highest BCUT2D eigenvalue weighted by molar-refractivity contribution is 7.48. The van der Waals surface area contributed by atoms with E-state index in [2.05, 4.69) is 34.6 Å². The number of phosphoric acid groups is 1. The fourth-order valence-electron chi connectivity index (χ4n) is 1.67. The molecule has 0 aromatic heterocycles. The maximum atomic E-state index is 12.2. The standard InChI is InChI=1S/C12H27O4P.C8H18O/c1-4-7-10-14-17(13,15-11-8-5-2)16-12-9-6-3;1-3-5-7-9-8-6-4-2/h4-12H2,1-3H3;3-8H2,1-2H3. The van der Waals surface area contributed by atoms with Crippen LogP contribution in [0.2, 0.25) is 0 Å². The van der Waals surface area contributed by atoms with Gasteiger partial charge in [-0.2, -0.15) is 0 Å². The van der Waals surface area contributed by atoms with Gasteiger partial charge in [0.2, 0.25) is 0 Å². The summed E-state index contributed by atoms with van der Waals surface area (Å²) in [4.78, 5) is 0. The van der Waals surface area contributed by atoms with Gasteiger partial charge in [-0.3, -0.25) is 13.6 Å². The molecule has 160 valence electrons. The molecular weight excluding hydrogens is 351 g/mol. The minimum absolute atomic E-state index is 0.437. The second-order valence-electron chi connectivity index (χ2n) is 6.33. The maximum absolute atomic E-state index is 12.2. The van der Waals surface area contributed by atoms with E-state index in [9.17, 15) is 4.57 Å². The Morgan fingerprint density at radius 2 is 0.769 bits per heavy atom.